The van der Waals surface area contributed by atoms with Crippen LogP contribution in [0.4, 0.5) is 5.69 Å². The Kier molecular flexibility index (Phi) is 4.09. The lowest BCUT2D eigenvalue weighted by atomic mass is 10.2. The molecule has 0 saturated heterocycles. The summed E-state index contributed by atoms with van der Waals surface area (Å²) in [6, 6.07) is 11.9. The first kappa shape index (κ1) is 14.6. The summed E-state index contributed by atoms with van der Waals surface area (Å²) >= 11 is 11.8. The minimum absolute atomic E-state index is 0.247. The van der Waals surface area contributed by atoms with E-state index in [1.807, 2.05) is 0 Å². The van der Waals surface area contributed by atoms with E-state index in [1.54, 1.807) is 53.5 Å². The number of anilines is 1. The number of hydrogen-bond acceptors (Lipinski definition) is 3. The van der Waals surface area contributed by atoms with Crippen molar-refractivity contribution in [2.75, 3.05) is 5.32 Å². The molecule has 22 heavy (non-hydrogen) atoms. The highest BCUT2D eigenvalue weighted by Crippen LogP contribution is 2.23. The van der Waals surface area contributed by atoms with E-state index < -0.39 is 0 Å². The molecule has 1 amide bonds. The zero-order chi connectivity index (χ0) is 15.5. The van der Waals surface area contributed by atoms with Gasteiger partial charge in [0.25, 0.3) is 5.91 Å². The first-order chi connectivity index (χ1) is 10.6. The van der Waals surface area contributed by atoms with Gasteiger partial charge in [0.15, 0.2) is 0 Å². The molecule has 0 aliphatic rings. The van der Waals surface area contributed by atoms with E-state index in [4.69, 9.17) is 23.2 Å². The van der Waals surface area contributed by atoms with Crippen molar-refractivity contribution in [2.24, 2.45) is 0 Å². The summed E-state index contributed by atoms with van der Waals surface area (Å²) in [5.74, 6) is -0.247. The summed E-state index contributed by atoms with van der Waals surface area (Å²) < 4.78 is 1.61. The molecule has 0 atom stereocenters. The molecule has 1 N–H and O–H groups in total. The van der Waals surface area contributed by atoms with Gasteiger partial charge < -0.3 is 5.32 Å². The molecule has 0 fully saturated rings. The Morgan fingerprint density at radius 3 is 2.32 bits per heavy atom. The molecule has 0 bridgehead atoms. The Morgan fingerprint density at radius 1 is 1.05 bits per heavy atom. The fourth-order valence-electron chi connectivity index (χ4n) is 1.94. The molecular formula is C15H10Cl2N4O. The van der Waals surface area contributed by atoms with Gasteiger partial charge in [0.2, 0.25) is 0 Å². The van der Waals surface area contributed by atoms with Crippen molar-refractivity contribution in [3.05, 3.63) is 70.7 Å². The SMILES string of the molecule is O=C(Nc1cc(Cl)cc(Cl)c1)c1ccc(-n2cncn2)cc1. The Hall–Kier alpha value is -2.37. The van der Waals surface area contributed by atoms with Crippen LogP contribution in [0, 0.1) is 0 Å². The van der Waals surface area contributed by atoms with E-state index in [0.717, 1.165) is 5.69 Å². The van der Waals surface area contributed by atoms with Gasteiger partial charge in [-0.15, -0.1) is 0 Å². The lowest BCUT2D eigenvalue weighted by Gasteiger charge is -2.07. The molecule has 0 aliphatic carbocycles. The fraction of sp³-hybridized carbons (Fsp3) is 0. The molecule has 1 aromatic heterocycles. The largest absolute Gasteiger partial charge is 0.322 e. The van der Waals surface area contributed by atoms with Gasteiger partial charge in [-0.2, -0.15) is 5.10 Å². The van der Waals surface area contributed by atoms with Crippen molar-refractivity contribution < 1.29 is 4.79 Å². The molecule has 0 spiro atoms. The second kappa shape index (κ2) is 6.17. The van der Waals surface area contributed by atoms with E-state index in [2.05, 4.69) is 15.4 Å². The van der Waals surface area contributed by atoms with Gasteiger partial charge in [-0.1, -0.05) is 23.2 Å². The molecule has 1 heterocycles. The third-order valence-corrected chi connectivity index (χ3v) is 3.37. The molecule has 2 aromatic carbocycles. The van der Waals surface area contributed by atoms with Crippen LogP contribution < -0.4 is 5.32 Å². The topological polar surface area (TPSA) is 59.8 Å². The third-order valence-electron chi connectivity index (χ3n) is 2.93. The standard InChI is InChI=1S/C15H10Cl2N4O/c16-11-5-12(17)7-13(6-11)20-15(22)10-1-3-14(4-2-10)21-9-18-8-19-21/h1-9H,(H,20,22). The predicted octanol–water partition coefficient (Wildman–Crippen LogP) is 3.83. The lowest BCUT2D eigenvalue weighted by molar-refractivity contribution is 0.102. The van der Waals surface area contributed by atoms with Crippen LogP contribution in [-0.2, 0) is 0 Å². The fourth-order valence-corrected chi connectivity index (χ4v) is 2.46. The first-order valence-electron chi connectivity index (χ1n) is 6.34. The lowest BCUT2D eigenvalue weighted by Crippen LogP contribution is -2.12. The molecule has 0 aliphatic heterocycles. The minimum atomic E-state index is -0.247. The van der Waals surface area contributed by atoms with Crippen molar-refractivity contribution in [1.82, 2.24) is 14.8 Å². The molecule has 0 unspecified atom stereocenters. The van der Waals surface area contributed by atoms with Crippen molar-refractivity contribution in [2.45, 2.75) is 0 Å². The number of rotatable bonds is 3. The van der Waals surface area contributed by atoms with Crippen LogP contribution in [0.1, 0.15) is 10.4 Å². The van der Waals surface area contributed by atoms with E-state index in [1.165, 1.54) is 6.33 Å². The molecule has 0 saturated carbocycles. The average molecular weight is 333 g/mol. The molecule has 110 valence electrons. The summed E-state index contributed by atoms with van der Waals surface area (Å²) in [5.41, 5.74) is 1.88. The second-order valence-electron chi connectivity index (χ2n) is 4.50. The Bertz CT molecular complexity index is 781. The molecule has 3 rings (SSSR count). The van der Waals surface area contributed by atoms with Crippen molar-refractivity contribution in [1.29, 1.82) is 0 Å². The van der Waals surface area contributed by atoms with Gasteiger partial charge in [0.05, 0.1) is 5.69 Å². The second-order valence-corrected chi connectivity index (χ2v) is 5.37. The molecule has 3 aromatic rings. The Balaban J connectivity index is 1.77. The monoisotopic (exact) mass is 332 g/mol. The highest BCUT2D eigenvalue weighted by atomic mass is 35.5. The highest BCUT2D eigenvalue weighted by Gasteiger charge is 2.08. The normalized spacial score (nSPS) is 10.5. The number of carbonyl (C=O) groups is 1. The molecule has 7 heteroatoms. The number of aromatic nitrogens is 3. The van der Waals surface area contributed by atoms with Crippen molar-refractivity contribution >= 4 is 34.8 Å². The van der Waals surface area contributed by atoms with Gasteiger partial charge in [0.1, 0.15) is 12.7 Å². The summed E-state index contributed by atoms with van der Waals surface area (Å²) in [6.45, 7) is 0. The number of carbonyl (C=O) groups excluding carboxylic acids is 1. The van der Waals surface area contributed by atoms with Crippen LogP contribution in [0.5, 0.6) is 0 Å². The number of nitrogens with one attached hydrogen (secondary N) is 1. The molecular weight excluding hydrogens is 323 g/mol. The maximum atomic E-state index is 12.2. The van der Waals surface area contributed by atoms with Crippen molar-refractivity contribution in [3.8, 4) is 5.69 Å². The van der Waals surface area contributed by atoms with Crippen LogP contribution in [0.25, 0.3) is 5.69 Å². The predicted molar refractivity (Wildman–Crippen MR) is 85.8 cm³/mol. The van der Waals surface area contributed by atoms with Crippen LogP contribution >= 0.6 is 23.2 Å². The van der Waals surface area contributed by atoms with E-state index in [9.17, 15) is 4.79 Å². The summed E-state index contributed by atoms with van der Waals surface area (Å²) in [7, 11) is 0. The summed E-state index contributed by atoms with van der Waals surface area (Å²) in [5, 5.41) is 7.70. The summed E-state index contributed by atoms with van der Waals surface area (Å²) in [4.78, 5) is 16.1. The van der Waals surface area contributed by atoms with Crippen molar-refractivity contribution in [3.63, 3.8) is 0 Å². The van der Waals surface area contributed by atoms with Gasteiger partial charge in [0, 0.05) is 21.3 Å². The first-order valence-corrected chi connectivity index (χ1v) is 7.10. The summed E-state index contributed by atoms with van der Waals surface area (Å²) in [6.07, 6.45) is 3.03. The van der Waals surface area contributed by atoms with Gasteiger partial charge in [-0.25, -0.2) is 9.67 Å². The smallest absolute Gasteiger partial charge is 0.255 e. The molecule has 0 radical (unpaired) electrons. The maximum absolute atomic E-state index is 12.2. The van der Waals surface area contributed by atoms with E-state index in [-0.39, 0.29) is 5.91 Å². The average Bonchev–Trinajstić information content (AvgIpc) is 3.00. The third kappa shape index (κ3) is 3.27. The van der Waals surface area contributed by atoms with Gasteiger partial charge in [-0.05, 0) is 42.5 Å². The maximum Gasteiger partial charge on any atom is 0.255 e. The number of hydrogen-bond donors (Lipinski definition) is 1. The van der Waals surface area contributed by atoms with Crippen LogP contribution in [0.2, 0.25) is 10.0 Å². The minimum Gasteiger partial charge on any atom is -0.322 e. The number of halogens is 2. The zero-order valence-electron chi connectivity index (χ0n) is 11.2. The van der Waals surface area contributed by atoms with Crippen LogP contribution in [-0.4, -0.2) is 20.7 Å². The van der Waals surface area contributed by atoms with E-state index in [0.29, 0.717) is 21.3 Å². The molecule has 5 nitrogen and oxygen atoms in total. The Morgan fingerprint density at radius 2 is 1.73 bits per heavy atom. The van der Waals surface area contributed by atoms with Gasteiger partial charge >= 0.3 is 0 Å². The number of benzene rings is 2. The number of amides is 1. The Labute approximate surface area is 136 Å². The van der Waals surface area contributed by atoms with E-state index >= 15 is 0 Å². The zero-order valence-corrected chi connectivity index (χ0v) is 12.7. The quantitative estimate of drug-likeness (QED) is 0.792. The van der Waals surface area contributed by atoms with Crippen LogP contribution in [0.15, 0.2) is 55.1 Å². The van der Waals surface area contributed by atoms with Gasteiger partial charge in [-0.3, -0.25) is 4.79 Å². The number of nitrogens with zero attached hydrogens (tertiary/aromatic N) is 3. The van der Waals surface area contributed by atoms with Crippen LogP contribution in [0.3, 0.4) is 0 Å². The highest BCUT2D eigenvalue weighted by molar-refractivity contribution is 6.35.